The van der Waals surface area contributed by atoms with Gasteiger partial charge in [-0.25, -0.2) is 5.43 Å². The van der Waals surface area contributed by atoms with E-state index in [9.17, 15) is 14.9 Å². The molecular weight excluding hydrogens is 464 g/mol. The fourth-order valence-corrected chi connectivity index (χ4v) is 3.50. The van der Waals surface area contributed by atoms with Gasteiger partial charge < -0.3 is 13.7 Å². The van der Waals surface area contributed by atoms with Gasteiger partial charge in [0.1, 0.15) is 29.7 Å². The van der Waals surface area contributed by atoms with E-state index in [-0.39, 0.29) is 18.7 Å². The molecule has 1 N–H and O–H groups in total. The van der Waals surface area contributed by atoms with Crippen molar-refractivity contribution in [3.63, 3.8) is 0 Å². The van der Waals surface area contributed by atoms with Gasteiger partial charge in [0.25, 0.3) is 11.5 Å². The Morgan fingerprint density at radius 2 is 2.06 bits per heavy atom. The predicted octanol–water partition coefficient (Wildman–Crippen LogP) is 3.35. The number of rotatable bonds is 7. The van der Waals surface area contributed by atoms with E-state index >= 15 is 0 Å². The van der Waals surface area contributed by atoms with Gasteiger partial charge in [0.05, 0.1) is 12.8 Å². The van der Waals surface area contributed by atoms with Crippen molar-refractivity contribution in [2.24, 2.45) is 5.10 Å². The number of nitrogens with zero attached hydrogens (tertiary/aromatic N) is 3. The first kappa shape index (κ1) is 22.2. The van der Waals surface area contributed by atoms with Crippen molar-refractivity contribution in [1.29, 1.82) is 5.26 Å². The highest BCUT2D eigenvalue weighted by molar-refractivity contribution is 9.10. The summed E-state index contributed by atoms with van der Waals surface area (Å²) in [6.45, 7) is 1.48. The van der Waals surface area contributed by atoms with Crippen molar-refractivity contribution in [1.82, 2.24) is 9.99 Å². The van der Waals surface area contributed by atoms with Crippen LogP contribution in [0.4, 0.5) is 0 Å². The summed E-state index contributed by atoms with van der Waals surface area (Å²) < 4.78 is 12.5. The van der Waals surface area contributed by atoms with Gasteiger partial charge in [-0.1, -0.05) is 30.3 Å². The number of benzene rings is 1. The molecule has 0 fully saturated rings. The van der Waals surface area contributed by atoms with E-state index in [0.717, 1.165) is 5.56 Å². The van der Waals surface area contributed by atoms with Crippen LogP contribution in [0.2, 0.25) is 0 Å². The van der Waals surface area contributed by atoms with Crippen LogP contribution in [0.15, 0.2) is 61.3 Å². The summed E-state index contributed by atoms with van der Waals surface area (Å²) in [5, 5.41) is 13.3. The van der Waals surface area contributed by atoms with Crippen LogP contribution in [0, 0.1) is 18.3 Å². The number of hydrogen-bond donors (Lipinski definition) is 1. The third-order valence-corrected chi connectivity index (χ3v) is 5.57. The summed E-state index contributed by atoms with van der Waals surface area (Å²) in [4.78, 5) is 25.0. The lowest BCUT2D eigenvalue weighted by Gasteiger charge is -2.15. The molecule has 0 spiro atoms. The number of halogens is 1. The minimum atomic E-state index is -0.562. The van der Waals surface area contributed by atoms with Gasteiger partial charge in [0, 0.05) is 28.4 Å². The first-order chi connectivity index (χ1) is 15.0. The van der Waals surface area contributed by atoms with Crippen molar-refractivity contribution < 1.29 is 13.9 Å². The molecule has 0 bridgehead atoms. The molecule has 0 aliphatic heterocycles. The molecule has 0 aliphatic carbocycles. The third-order valence-electron chi connectivity index (χ3n) is 4.52. The van der Waals surface area contributed by atoms with Gasteiger partial charge in [0.15, 0.2) is 0 Å². The normalized spacial score (nSPS) is 10.9. The Morgan fingerprint density at radius 3 is 2.74 bits per heavy atom. The summed E-state index contributed by atoms with van der Waals surface area (Å²) in [6, 6.07) is 15.0. The number of pyridine rings is 1. The van der Waals surface area contributed by atoms with Crippen molar-refractivity contribution >= 4 is 28.1 Å². The smallest absolute Gasteiger partial charge is 0.269 e. The van der Waals surface area contributed by atoms with Crippen LogP contribution in [-0.4, -0.2) is 23.8 Å². The summed E-state index contributed by atoms with van der Waals surface area (Å²) in [5.41, 5.74) is 3.62. The SMILES string of the molecule is COCc1c(Br)c(C)n(CC(=O)N/N=C/c2ccc(-c3ccccc3)o2)c(=O)c1C#N. The summed E-state index contributed by atoms with van der Waals surface area (Å²) in [7, 11) is 1.47. The maximum atomic E-state index is 12.7. The average molecular weight is 483 g/mol. The topological polar surface area (TPSA) is 110 Å². The Morgan fingerprint density at radius 1 is 1.32 bits per heavy atom. The second kappa shape index (κ2) is 10.0. The largest absolute Gasteiger partial charge is 0.455 e. The summed E-state index contributed by atoms with van der Waals surface area (Å²) >= 11 is 3.39. The molecule has 2 aromatic heterocycles. The van der Waals surface area contributed by atoms with Crippen LogP contribution in [-0.2, 0) is 22.7 Å². The highest BCUT2D eigenvalue weighted by atomic mass is 79.9. The molecule has 3 aromatic rings. The molecule has 0 saturated heterocycles. The van der Waals surface area contributed by atoms with Crippen LogP contribution in [0.1, 0.15) is 22.6 Å². The van der Waals surface area contributed by atoms with Gasteiger partial charge >= 0.3 is 0 Å². The van der Waals surface area contributed by atoms with Crippen LogP contribution in [0.3, 0.4) is 0 Å². The van der Waals surface area contributed by atoms with E-state index in [1.54, 1.807) is 13.0 Å². The molecule has 0 saturated carbocycles. The Balaban J connectivity index is 1.72. The number of methoxy groups -OCH3 is 1. The lowest BCUT2D eigenvalue weighted by molar-refractivity contribution is -0.121. The van der Waals surface area contributed by atoms with E-state index in [1.807, 2.05) is 42.5 Å². The zero-order chi connectivity index (χ0) is 22.4. The minimum Gasteiger partial charge on any atom is -0.455 e. The molecule has 158 valence electrons. The fourth-order valence-electron chi connectivity index (χ4n) is 2.98. The van der Waals surface area contributed by atoms with E-state index in [2.05, 4.69) is 26.5 Å². The number of furan rings is 1. The second-order valence-corrected chi connectivity index (χ2v) is 7.34. The number of hydrogen-bond acceptors (Lipinski definition) is 6. The average Bonchev–Trinajstić information content (AvgIpc) is 3.25. The van der Waals surface area contributed by atoms with E-state index in [4.69, 9.17) is 9.15 Å². The molecule has 0 radical (unpaired) electrons. The van der Waals surface area contributed by atoms with Crippen LogP contribution >= 0.6 is 15.9 Å². The van der Waals surface area contributed by atoms with Gasteiger partial charge in [-0.15, -0.1) is 0 Å². The molecule has 3 rings (SSSR count). The van der Waals surface area contributed by atoms with Gasteiger partial charge in [-0.05, 0) is 35.0 Å². The highest BCUT2D eigenvalue weighted by Gasteiger charge is 2.19. The van der Waals surface area contributed by atoms with E-state index in [0.29, 0.717) is 27.3 Å². The Labute approximate surface area is 186 Å². The minimum absolute atomic E-state index is 0.0698. The number of nitriles is 1. The van der Waals surface area contributed by atoms with Crippen molar-refractivity contribution in [3.05, 3.63) is 79.9 Å². The molecule has 9 heteroatoms. The Bertz CT molecular complexity index is 1220. The molecule has 2 heterocycles. The zero-order valence-electron chi connectivity index (χ0n) is 16.9. The molecule has 1 amide bonds. The molecule has 8 nitrogen and oxygen atoms in total. The van der Waals surface area contributed by atoms with E-state index in [1.165, 1.54) is 17.9 Å². The standard InChI is InChI=1S/C22H19BrN4O4/c1-14-21(23)18(13-30-2)17(10-24)22(29)27(14)12-20(28)26-25-11-16-8-9-19(31-16)15-6-4-3-5-7-15/h3-9,11H,12-13H2,1-2H3,(H,26,28)/b25-11+. The quantitative estimate of drug-likeness (QED) is 0.410. The maximum absolute atomic E-state index is 12.7. The number of carbonyl (C=O) groups is 1. The van der Waals surface area contributed by atoms with Gasteiger partial charge in [-0.3, -0.25) is 9.59 Å². The molecule has 31 heavy (non-hydrogen) atoms. The fraction of sp³-hybridized carbons (Fsp3) is 0.182. The van der Waals surface area contributed by atoms with Crippen molar-refractivity contribution in [2.45, 2.75) is 20.1 Å². The second-order valence-electron chi connectivity index (χ2n) is 6.55. The monoisotopic (exact) mass is 482 g/mol. The van der Waals surface area contributed by atoms with Crippen LogP contribution in [0.5, 0.6) is 0 Å². The first-order valence-electron chi connectivity index (χ1n) is 9.24. The molecule has 1 aromatic carbocycles. The number of nitrogens with one attached hydrogen (secondary N) is 1. The number of amides is 1. The van der Waals surface area contributed by atoms with Crippen molar-refractivity contribution in [2.75, 3.05) is 7.11 Å². The first-order valence-corrected chi connectivity index (χ1v) is 10.0. The number of ether oxygens (including phenoxy) is 1. The third kappa shape index (κ3) is 4.99. The van der Waals surface area contributed by atoms with Crippen LogP contribution in [0.25, 0.3) is 11.3 Å². The highest BCUT2D eigenvalue weighted by Crippen LogP contribution is 2.23. The molecule has 0 atom stereocenters. The molecule has 0 unspecified atom stereocenters. The number of aromatic nitrogens is 1. The number of hydrazone groups is 1. The lowest BCUT2D eigenvalue weighted by Crippen LogP contribution is -2.33. The van der Waals surface area contributed by atoms with Crippen molar-refractivity contribution in [3.8, 4) is 17.4 Å². The van der Waals surface area contributed by atoms with Crippen LogP contribution < -0.4 is 11.0 Å². The molecular formula is C22H19BrN4O4. The number of carbonyl (C=O) groups excluding carboxylic acids is 1. The van der Waals surface area contributed by atoms with E-state index < -0.39 is 11.5 Å². The Hall–Kier alpha value is -3.48. The maximum Gasteiger partial charge on any atom is 0.269 e. The van der Waals surface area contributed by atoms with Gasteiger partial charge in [-0.2, -0.15) is 10.4 Å². The Kier molecular flexibility index (Phi) is 7.18. The zero-order valence-corrected chi connectivity index (χ0v) is 18.5. The van der Waals surface area contributed by atoms with Gasteiger partial charge in [0.2, 0.25) is 0 Å². The lowest BCUT2D eigenvalue weighted by atomic mass is 10.1. The summed E-state index contributed by atoms with van der Waals surface area (Å²) in [6.07, 6.45) is 1.37. The summed E-state index contributed by atoms with van der Waals surface area (Å²) in [5.74, 6) is 0.623. The molecule has 0 aliphatic rings. The predicted molar refractivity (Wildman–Crippen MR) is 118 cm³/mol.